The molecule has 3 rings (SSSR count). The number of anilines is 1. The SMILES string of the molecule is O=C(Nc1nc(-c2ccccc2)ns1)c1cc(Cl)ccc1F. The van der Waals surface area contributed by atoms with E-state index in [1.54, 1.807) is 0 Å². The highest BCUT2D eigenvalue weighted by molar-refractivity contribution is 7.10. The lowest BCUT2D eigenvalue weighted by atomic mass is 10.2. The van der Waals surface area contributed by atoms with Crippen LogP contribution in [0.4, 0.5) is 9.52 Å². The summed E-state index contributed by atoms with van der Waals surface area (Å²) in [6.07, 6.45) is 0. The van der Waals surface area contributed by atoms with Gasteiger partial charge in [0.1, 0.15) is 5.82 Å². The lowest BCUT2D eigenvalue weighted by molar-refractivity contribution is 0.102. The molecule has 0 radical (unpaired) electrons. The van der Waals surface area contributed by atoms with Gasteiger partial charge in [0, 0.05) is 22.1 Å². The second-order valence-electron chi connectivity index (χ2n) is 4.37. The standard InChI is InChI=1S/C15H9ClFN3OS/c16-10-6-7-12(17)11(8-10)14(21)19-15-18-13(20-22-15)9-4-2-1-3-5-9/h1-8H,(H,18,19,20,21). The Morgan fingerprint density at radius 1 is 1.18 bits per heavy atom. The fourth-order valence-corrected chi connectivity index (χ4v) is 2.57. The van der Waals surface area contributed by atoms with Crippen molar-refractivity contribution in [2.75, 3.05) is 5.32 Å². The van der Waals surface area contributed by atoms with E-state index in [4.69, 9.17) is 11.6 Å². The molecule has 2 aromatic carbocycles. The number of hydrogen-bond acceptors (Lipinski definition) is 4. The molecule has 3 aromatic rings. The molecule has 1 amide bonds. The van der Waals surface area contributed by atoms with Crippen LogP contribution in [0.5, 0.6) is 0 Å². The predicted molar refractivity (Wildman–Crippen MR) is 84.7 cm³/mol. The normalized spacial score (nSPS) is 10.5. The molecular weight excluding hydrogens is 325 g/mol. The maximum absolute atomic E-state index is 13.6. The van der Waals surface area contributed by atoms with E-state index >= 15 is 0 Å². The van der Waals surface area contributed by atoms with E-state index < -0.39 is 11.7 Å². The van der Waals surface area contributed by atoms with Crippen molar-refractivity contribution < 1.29 is 9.18 Å². The Kier molecular flexibility index (Phi) is 4.13. The number of rotatable bonds is 3. The summed E-state index contributed by atoms with van der Waals surface area (Å²) in [5.74, 6) is -0.752. The number of carbonyl (C=O) groups is 1. The Bertz CT molecular complexity index is 823. The summed E-state index contributed by atoms with van der Waals surface area (Å²) in [5, 5.41) is 3.10. The van der Waals surface area contributed by atoms with Crippen molar-refractivity contribution in [1.82, 2.24) is 9.36 Å². The van der Waals surface area contributed by atoms with E-state index in [-0.39, 0.29) is 10.6 Å². The highest BCUT2D eigenvalue weighted by Crippen LogP contribution is 2.22. The lowest BCUT2D eigenvalue weighted by Crippen LogP contribution is -2.13. The summed E-state index contributed by atoms with van der Waals surface area (Å²) in [7, 11) is 0. The average Bonchev–Trinajstić information content (AvgIpc) is 2.99. The van der Waals surface area contributed by atoms with Crippen LogP contribution >= 0.6 is 23.1 Å². The van der Waals surface area contributed by atoms with Gasteiger partial charge in [-0.05, 0) is 18.2 Å². The van der Waals surface area contributed by atoms with Gasteiger partial charge in [0.05, 0.1) is 5.56 Å². The molecule has 0 atom stereocenters. The molecule has 4 nitrogen and oxygen atoms in total. The Balaban J connectivity index is 1.81. The van der Waals surface area contributed by atoms with Gasteiger partial charge in [0.15, 0.2) is 5.82 Å². The monoisotopic (exact) mass is 333 g/mol. The van der Waals surface area contributed by atoms with Gasteiger partial charge in [-0.1, -0.05) is 41.9 Å². The van der Waals surface area contributed by atoms with Gasteiger partial charge in [-0.15, -0.1) is 0 Å². The Morgan fingerprint density at radius 3 is 2.73 bits per heavy atom. The van der Waals surface area contributed by atoms with Crippen molar-refractivity contribution in [1.29, 1.82) is 0 Å². The number of benzene rings is 2. The molecule has 0 aliphatic heterocycles. The highest BCUT2D eigenvalue weighted by atomic mass is 35.5. The molecule has 0 unspecified atom stereocenters. The average molecular weight is 334 g/mol. The molecule has 7 heteroatoms. The Hall–Kier alpha value is -2.31. The van der Waals surface area contributed by atoms with Crippen LogP contribution in [0, 0.1) is 5.82 Å². The number of nitrogens with one attached hydrogen (secondary N) is 1. The molecule has 0 saturated heterocycles. The quantitative estimate of drug-likeness (QED) is 0.779. The summed E-state index contributed by atoms with van der Waals surface area (Å²) in [6, 6.07) is 13.2. The second kappa shape index (κ2) is 6.21. The smallest absolute Gasteiger partial charge is 0.260 e. The van der Waals surface area contributed by atoms with E-state index in [1.165, 1.54) is 12.1 Å². The van der Waals surface area contributed by atoms with E-state index in [0.29, 0.717) is 11.0 Å². The first-order valence-electron chi connectivity index (χ1n) is 6.29. The van der Waals surface area contributed by atoms with E-state index in [9.17, 15) is 9.18 Å². The van der Waals surface area contributed by atoms with Crippen molar-refractivity contribution in [3.63, 3.8) is 0 Å². The number of halogens is 2. The molecule has 0 aliphatic rings. The van der Waals surface area contributed by atoms with Crippen molar-refractivity contribution in [2.45, 2.75) is 0 Å². The maximum Gasteiger partial charge on any atom is 0.260 e. The first-order valence-corrected chi connectivity index (χ1v) is 7.44. The molecule has 1 N–H and O–H groups in total. The lowest BCUT2D eigenvalue weighted by Gasteiger charge is -2.03. The fourth-order valence-electron chi connectivity index (χ4n) is 1.81. The molecular formula is C15H9ClFN3OS. The molecule has 22 heavy (non-hydrogen) atoms. The minimum Gasteiger partial charge on any atom is -0.296 e. The zero-order valence-electron chi connectivity index (χ0n) is 11.1. The van der Waals surface area contributed by atoms with Crippen LogP contribution in [0.25, 0.3) is 11.4 Å². The van der Waals surface area contributed by atoms with Crippen LogP contribution in [-0.4, -0.2) is 15.3 Å². The Labute approximate surface area is 134 Å². The summed E-state index contributed by atoms with van der Waals surface area (Å²) < 4.78 is 17.8. The maximum atomic E-state index is 13.6. The van der Waals surface area contributed by atoms with Crippen molar-refractivity contribution in [2.24, 2.45) is 0 Å². The van der Waals surface area contributed by atoms with Gasteiger partial charge >= 0.3 is 0 Å². The number of hydrogen-bond donors (Lipinski definition) is 1. The van der Waals surface area contributed by atoms with Crippen molar-refractivity contribution in [3.8, 4) is 11.4 Å². The van der Waals surface area contributed by atoms with Gasteiger partial charge in [-0.3, -0.25) is 10.1 Å². The molecule has 0 saturated carbocycles. The van der Waals surface area contributed by atoms with E-state index in [2.05, 4.69) is 14.7 Å². The van der Waals surface area contributed by atoms with Crippen LogP contribution in [0.3, 0.4) is 0 Å². The third kappa shape index (κ3) is 3.13. The van der Waals surface area contributed by atoms with E-state index in [0.717, 1.165) is 23.2 Å². The second-order valence-corrected chi connectivity index (χ2v) is 5.56. The van der Waals surface area contributed by atoms with Gasteiger partial charge in [-0.25, -0.2) is 4.39 Å². The number of carbonyl (C=O) groups excluding carboxylic acids is 1. The largest absolute Gasteiger partial charge is 0.296 e. The van der Waals surface area contributed by atoms with Crippen LogP contribution in [0.1, 0.15) is 10.4 Å². The molecule has 110 valence electrons. The van der Waals surface area contributed by atoms with Gasteiger partial charge in [0.2, 0.25) is 5.13 Å². The summed E-state index contributed by atoms with van der Waals surface area (Å²) in [4.78, 5) is 16.3. The van der Waals surface area contributed by atoms with Crippen LogP contribution < -0.4 is 5.32 Å². The summed E-state index contributed by atoms with van der Waals surface area (Å²) in [6.45, 7) is 0. The van der Waals surface area contributed by atoms with Crippen LogP contribution in [-0.2, 0) is 0 Å². The van der Waals surface area contributed by atoms with E-state index in [1.807, 2.05) is 30.3 Å². The first kappa shape index (κ1) is 14.6. The first-order chi connectivity index (χ1) is 10.6. The summed E-state index contributed by atoms with van der Waals surface area (Å²) in [5.41, 5.74) is 0.706. The van der Waals surface area contributed by atoms with Crippen LogP contribution in [0.15, 0.2) is 48.5 Å². The van der Waals surface area contributed by atoms with Gasteiger partial charge in [0.25, 0.3) is 5.91 Å². The number of aromatic nitrogens is 2. The van der Waals surface area contributed by atoms with Crippen LogP contribution in [0.2, 0.25) is 5.02 Å². The third-order valence-electron chi connectivity index (χ3n) is 2.85. The number of amides is 1. The number of nitrogens with zero attached hydrogens (tertiary/aromatic N) is 2. The zero-order chi connectivity index (χ0) is 15.5. The zero-order valence-corrected chi connectivity index (χ0v) is 12.7. The predicted octanol–water partition coefficient (Wildman–Crippen LogP) is 4.25. The topological polar surface area (TPSA) is 54.9 Å². The minimum absolute atomic E-state index is 0.135. The molecule has 0 fully saturated rings. The molecule has 0 aliphatic carbocycles. The van der Waals surface area contributed by atoms with Gasteiger partial charge in [-0.2, -0.15) is 9.36 Å². The molecule has 1 heterocycles. The highest BCUT2D eigenvalue weighted by Gasteiger charge is 2.15. The third-order valence-corrected chi connectivity index (χ3v) is 3.72. The summed E-state index contributed by atoms with van der Waals surface area (Å²) >= 11 is 6.80. The van der Waals surface area contributed by atoms with Crippen molar-refractivity contribution >= 4 is 34.2 Å². The fraction of sp³-hybridized carbons (Fsp3) is 0. The van der Waals surface area contributed by atoms with Crippen molar-refractivity contribution in [3.05, 3.63) is 64.9 Å². The Morgan fingerprint density at radius 2 is 1.95 bits per heavy atom. The van der Waals surface area contributed by atoms with Gasteiger partial charge < -0.3 is 0 Å². The molecule has 0 bridgehead atoms. The molecule has 0 spiro atoms. The molecule has 1 aromatic heterocycles. The minimum atomic E-state index is -0.644.